The molecule has 0 aromatic carbocycles. The fourth-order valence-electron chi connectivity index (χ4n) is 2.73. The third kappa shape index (κ3) is 5.44. The summed E-state index contributed by atoms with van der Waals surface area (Å²) in [6, 6.07) is 4.11. The Balaban J connectivity index is 0.00000261. The number of fused-ring (bicyclic) bond motifs is 1. The maximum Gasteiger partial charge on any atom is 0.216 e. The monoisotopic (exact) mass is 482 g/mol. The van der Waals surface area contributed by atoms with Gasteiger partial charge >= 0.3 is 0 Å². The Morgan fingerprint density at radius 1 is 1.22 bits per heavy atom. The van der Waals surface area contributed by atoms with Crippen molar-refractivity contribution in [1.82, 2.24) is 25.0 Å². The second-order valence-electron chi connectivity index (χ2n) is 6.28. The van der Waals surface area contributed by atoms with Crippen LogP contribution >= 0.6 is 24.0 Å². The van der Waals surface area contributed by atoms with Gasteiger partial charge in [0, 0.05) is 31.9 Å². The van der Waals surface area contributed by atoms with E-state index >= 15 is 0 Å². The van der Waals surface area contributed by atoms with Gasteiger partial charge in [-0.3, -0.25) is 0 Å². The number of hydrogen-bond acceptors (Lipinski definition) is 4. The van der Waals surface area contributed by atoms with E-state index in [1.54, 1.807) is 0 Å². The molecule has 3 rings (SSSR count). The molecule has 0 bridgehead atoms. The zero-order valence-corrected chi connectivity index (χ0v) is 18.6. The van der Waals surface area contributed by atoms with Crippen LogP contribution in [0.1, 0.15) is 35.5 Å². The van der Waals surface area contributed by atoms with Gasteiger partial charge in [-0.05, 0) is 39.3 Å². The lowest BCUT2D eigenvalue weighted by Crippen LogP contribution is -2.38. The molecule has 0 atom stereocenters. The number of aryl methyl sites for hydroxylation is 3. The minimum Gasteiger partial charge on any atom is -0.444 e. The Hall–Kier alpha value is -2.10. The van der Waals surface area contributed by atoms with E-state index in [2.05, 4.69) is 44.2 Å². The molecular formula is C19H27IN6O. The van der Waals surface area contributed by atoms with Gasteiger partial charge in [0.2, 0.25) is 5.89 Å². The first kappa shape index (κ1) is 21.2. The number of pyridine rings is 1. The first-order chi connectivity index (χ1) is 12.6. The second kappa shape index (κ2) is 9.72. The quantitative estimate of drug-likeness (QED) is 0.321. The summed E-state index contributed by atoms with van der Waals surface area (Å²) in [5.41, 5.74) is 4.16. The molecule has 27 heavy (non-hydrogen) atoms. The van der Waals surface area contributed by atoms with E-state index in [1.165, 1.54) is 5.56 Å². The van der Waals surface area contributed by atoms with Crippen LogP contribution in [0.4, 0.5) is 0 Å². The van der Waals surface area contributed by atoms with Crippen molar-refractivity contribution in [2.75, 3.05) is 13.1 Å². The highest BCUT2D eigenvalue weighted by molar-refractivity contribution is 14.0. The minimum absolute atomic E-state index is 0. The molecule has 8 heteroatoms. The number of halogens is 1. The Morgan fingerprint density at radius 3 is 2.70 bits per heavy atom. The number of imidazole rings is 1. The first-order valence-electron chi connectivity index (χ1n) is 8.95. The molecular weight excluding hydrogens is 455 g/mol. The third-order valence-corrected chi connectivity index (χ3v) is 4.19. The van der Waals surface area contributed by atoms with Gasteiger partial charge < -0.3 is 19.5 Å². The number of oxazole rings is 1. The maximum atomic E-state index is 5.57. The van der Waals surface area contributed by atoms with Gasteiger partial charge in [-0.1, -0.05) is 6.07 Å². The van der Waals surface area contributed by atoms with E-state index in [0.717, 1.165) is 48.3 Å². The molecule has 3 heterocycles. The lowest BCUT2D eigenvalue weighted by Gasteiger charge is -2.10. The van der Waals surface area contributed by atoms with Crippen LogP contribution in [0.3, 0.4) is 0 Å². The summed E-state index contributed by atoms with van der Waals surface area (Å²) in [7, 11) is 0. The smallest absolute Gasteiger partial charge is 0.216 e. The average molecular weight is 482 g/mol. The minimum atomic E-state index is 0. The molecule has 7 nitrogen and oxygen atoms in total. The Labute approximate surface area is 176 Å². The Morgan fingerprint density at radius 2 is 2.04 bits per heavy atom. The molecule has 0 aliphatic rings. The van der Waals surface area contributed by atoms with Crippen molar-refractivity contribution in [3.63, 3.8) is 0 Å². The molecule has 0 aliphatic heterocycles. The number of nitrogens with zero attached hydrogens (tertiary/aromatic N) is 4. The number of hydrogen-bond donors (Lipinski definition) is 2. The van der Waals surface area contributed by atoms with Crippen LogP contribution < -0.4 is 10.6 Å². The highest BCUT2D eigenvalue weighted by Crippen LogP contribution is 2.10. The van der Waals surface area contributed by atoms with E-state index in [-0.39, 0.29) is 24.0 Å². The van der Waals surface area contributed by atoms with Crippen molar-refractivity contribution < 1.29 is 4.42 Å². The second-order valence-corrected chi connectivity index (χ2v) is 6.28. The molecule has 0 saturated heterocycles. The summed E-state index contributed by atoms with van der Waals surface area (Å²) in [5.74, 6) is 2.23. The molecule has 2 N–H and O–H groups in total. The topological polar surface area (TPSA) is 79.8 Å². The van der Waals surface area contributed by atoms with E-state index in [4.69, 9.17) is 9.40 Å². The molecule has 0 spiro atoms. The molecule has 0 aliphatic carbocycles. The van der Waals surface area contributed by atoms with E-state index in [0.29, 0.717) is 12.4 Å². The Bertz CT molecular complexity index is 895. The third-order valence-electron chi connectivity index (χ3n) is 4.19. The summed E-state index contributed by atoms with van der Waals surface area (Å²) in [5, 5.41) is 6.58. The van der Waals surface area contributed by atoms with Crippen LogP contribution in [-0.2, 0) is 13.0 Å². The fraction of sp³-hybridized carbons (Fsp3) is 0.421. The van der Waals surface area contributed by atoms with Gasteiger partial charge in [-0.25, -0.2) is 15.0 Å². The van der Waals surface area contributed by atoms with Crippen molar-refractivity contribution in [1.29, 1.82) is 0 Å². The largest absolute Gasteiger partial charge is 0.444 e. The molecule has 3 aromatic heterocycles. The number of nitrogens with one attached hydrogen (secondary N) is 2. The fourth-order valence-corrected chi connectivity index (χ4v) is 2.73. The van der Waals surface area contributed by atoms with Gasteiger partial charge in [-0.15, -0.1) is 24.0 Å². The number of rotatable bonds is 6. The molecule has 146 valence electrons. The van der Waals surface area contributed by atoms with Gasteiger partial charge in [-0.2, -0.15) is 0 Å². The average Bonchev–Trinajstić information content (AvgIpc) is 3.17. The van der Waals surface area contributed by atoms with Crippen molar-refractivity contribution in [3.8, 4) is 0 Å². The summed E-state index contributed by atoms with van der Waals surface area (Å²) in [6.07, 6.45) is 4.92. The Kier molecular flexibility index (Phi) is 7.64. The van der Waals surface area contributed by atoms with Crippen LogP contribution in [0.2, 0.25) is 0 Å². The van der Waals surface area contributed by atoms with Gasteiger partial charge in [0.1, 0.15) is 18.0 Å². The summed E-state index contributed by atoms with van der Waals surface area (Å²) < 4.78 is 7.64. The summed E-state index contributed by atoms with van der Waals surface area (Å²) in [6.45, 7) is 9.93. The van der Waals surface area contributed by atoms with Crippen molar-refractivity contribution in [2.45, 2.75) is 40.7 Å². The number of guanidine groups is 1. The zero-order valence-electron chi connectivity index (χ0n) is 16.2. The van der Waals surface area contributed by atoms with Crippen LogP contribution in [0.25, 0.3) is 5.65 Å². The first-order valence-corrected chi connectivity index (χ1v) is 8.95. The highest BCUT2D eigenvalue weighted by atomic mass is 127. The van der Waals surface area contributed by atoms with Crippen LogP contribution in [0.5, 0.6) is 0 Å². The zero-order chi connectivity index (χ0) is 18.5. The van der Waals surface area contributed by atoms with Crippen LogP contribution in [0.15, 0.2) is 33.9 Å². The molecule has 0 saturated carbocycles. The highest BCUT2D eigenvalue weighted by Gasteiger charge is 2.06. The molecule has 0 fully saturated rings. The van der Waals surface area contributed by atoms with Crippen molar-refractivity contribution in [2.24, 2.45) is 4.99 Å². The van der Waals surface area contributed by atoms with Gasteiger partial charge in [0.15, 0.2) is 5.96 Å². The standard InChI is InChI=1S/C19H26N6O.HI/c1-5-20-19(22-11-17-23-14(3)15(4)26-17)21-9-8-16-12-25-10-6-7-13(2)18(25)24-16;/h6-7,10,12H,5,8-9,11H2,1-4H3,(H2,20,21,22);1H. The van der Waals surface area contributed by atoms with Gasteiger partial charge in [0.05, 0.1) is 11.4 Å². The number of aliphatic imine (C=N–C) groups is 1. The molecule has 0 radical (unpaired) electrons. The van der Waals surface area contributed by atoms with Crippen molar-refractivity contribution >= 4 is 35.6 Å². The lowest BCUT2D eigenvalue weighted by atomic mass is 10.3. The normalized spacial score (nSPS) is 11.5. The summed E-state index contributed by atoms with van der Waals surface area (Å²) in [4.78, 5) is 13.6. The maximum absolute atomic E-state index is 5.57. The van der Waals surface area contributed by atoms with Gasteiger partial charge in [0.25, 0.3) is 0 Å². The van der Waals surface area contributed by atoms with E-state index in [1.807, 2.05) is 33.0 Å². The number of aromatic nitrogens is 3. The van der Waals surface area contributed by atoms with Crippen molar-refractivity contribution in [3.05, 3.63) is 53.1 Å². The summed E-state index contributed by atoms with van der Waals surface area (Å²) >= 11 is 0. The molecule has 3 aromatic rings. The van der Waals surface area contributed by atoms with Crippen LogP contribution in [-0.4, -0.2) is 33.4 Å². The van der Waals surface area contributed by atoms with E-state index in [9.17, 15) is 0 Å². The molecule has 0 amide bonds. The van der Waals surface area contributed by atoms with E-state index < -0.39 is 0 Å². The molecule has 0 unspecified atom stereocenters. The SMILES string of the molecule is CCNC(=NCc1nc(C)c(C)o1)NCCc1cn2cccc(C)c2n1.I. The predicted octanol–water partition coefficient (Wildman–Crippen LogP) is 3.16. The predicted molar refractivity (Wildman–Crippen MR) is 118 cm³/mol. The van der Waals surface area contributed by atoms with Crippen LogP contribution in [0, 0.1) is 20.8 Å². The lowest BCUT2D eigenvalue weighted by molar-refractivity contribution is 0.473.